The van der Waals surface area contributed by atoms with Crippen molar-refractivity contribution in [1.82, 2.24) is 29.7 Å². The molecule has 3 N–H and O–H groups in total. The van der Waals surface area contributed by atoms with Gasteiger partial charge in [0.1, 0.15) is 23.1 Å². The van der Waals surface area contributed by atoms with Gasteiger partial charge < -0.3 is 20.5 Å². The molecule has 14 nitrogen and oxygen atoms in total. The van der Waals surface area contributed by atoms with E-state index in [-0.39, 0.29) is 35.2 Å². The van der Waals surface area contributed by atoms with Gasteiger partial charge >= 0.3 is 0 Å². The minimum absolute atomic E-state index is 0.0676. The van der Waals surface area contributed by atoms with E-state index in [0.29, 0.717) is 74.1 Å². The molecule has 81 heavy (non-hydrogen) atoms. The number of rotatable bonds is 14. The first-order valence-electron chi connectivity index (χ1n) is 27.9. The van der Waals surface area contributed by atoms with Crippen molar-refractivity contribution in [2.24, 2.45) is 5.73 Å². The molecule has 0 radical (unpaired) electrons. The van der Waals surface area contributed by atoms with Crippen LogP contribution < -0.4 is 30.3 Å². The number of carbonyl (C=O) groups excluding carboxylic acids is 2. The number of likely N-dealkylation sites (tertiary alicyclic amines) is 2. The van der Waals surface area contributed by atoms with Crippen molar-refractivity contribution in [3.63, 3.8) is 0 Å². The van der Waals surface area contributed by atoms with E-state index < -0.39 is 11.1 Å². The van der Waals surface area contributed by atoms with Crippen LogP contribution >= 0.6 is 11.6 Å². The molecule has 2 amide bonds. The minimum Gasteiger partial charge on any atom is -0.493 e. The maximum absolute atomic E-state index is 14.3. The number of aromatic nitrogens is 4. The van der Waals surface area contributed by atoms with E-state index in [1.807, 2.05) is 99.3 Å². The SMILES string of the molecule is CC(C)N.CC(C)Nc1nccc(N(C(=O)c2ccc3c(c2)CCO3)C2(C)CN(C(c3ccccc3)c3ccccc3)C2)n1.CC1(N(C(=O)c2ccc3c(c2)CCO3)c2ccnc(Cl)n2)CN(C(c2ccccc2)c2ccccc2)C1. The molecule has 0 bridgehead atoms. The Balaban J connectivity index is 0.000000171. The predicted octanol–water partition coefficient (Wildman–Crippen LogP) is 11.7. The molecular formula is C66H71ClN10O4. The first-order chi connectivity index (χ1) is 39.2. The number of fused-ring (bicyclic) bond motifs is 2. The molecule has 2 saturated heterocycles. The monoisotopic (exact) mass is 1100 g/mol. The summed E-state index contributed by atoms with van der Waals surface area (Å²) in [5.74, 6) is 3.15. The van der Waals surface area contributed by atoms with Crippen molar-refractivity contribution < 1.29 is 19.1 Å². The zero-order valence-electron chi connectivity index (χ0n) is 47.0. The van der Waals surface area contributed by atoms with E-state index in [2.05, 4.69) is 141 Å². The fourth-order valence-electron chi connectivity index (χ4n) is 11.5. The topological polar surface area (TPSA) is 155 Å². The van der Waals surface area contributed by atoms with Crippen LogP contribution in [0.5, 0.6) is 11.5 Å². The molecule has 6 heterocycles. The summed E-state index contributed by atoms with van der Waals surface area (Å²) in [5, 5.41) is 3.40. The molecule has 4 aliphatic heterocycles. The summed E-state index contributed by atoms with van der Waals surface area (Å²) in [6.45, 7) is 16.3. The lowest BCUT2D eigenvalue weighted by molar-refractivity contribution is 0.0430. The Bertz CT molecular complexity index is 3330. The summed E-state index contributed by atoms with van der Waals surface area (Å²) in [6.07, 6.45) is 4.93. The molecule has 2 fully saturated rings. The third-order valence-corrected chi connectivity index (χ3v) is 15.0. The largest absolute Gasteiger partial charge is 0.493 e. The fraction of sp³-hybridized carbons (Fsp3) is 0.303. The van der Waals surface area contributed by atoms with Crippen LogP contribution in [0.2, 0.25) is 5.28 Å². The van der Waals surface area contributed by atoms with Crippen LogP contribution in [0.3, 0.4) is 0 Å². The van der Waals surface area contributed by atoms with E-state index >= 15 is 0 Å². The van der Waals surface area contributed by atoms with Gasteiger partial charge in [0.25, 0.3) is 11.8 Å². The molecule has 416 valence electrons. The number of nitrogens with zero attached hydrogens (tertiary/aromatic N) is 8. The molecule has 6 aromatic carbocycles. The van der Waals surface area contributed by atoms with E-state index in [9.17, 15) is 9.59 Å². The van der Waals surface area contributed by atoms with Gasteiger partial charge in [0.15, 0.2) is 0 Å². The van der Waals surface area contributed by atoms with E-state index in [1.165, 1.54) is 22.3 Å². The van der Waals surface area contributed by atoms with Crippen molar-refractivity contribution in [2.45, 2.75) is 89.6 Å². The minimum atomic E-state index is -0.494. The highest BCUT2D eigenvalue weighted by Crippen LogP contribution is 2.43. The van der Waals surface area contributed by atoms with Crippen molar-refractivity contribution in [2.75, 3.05) is 54.5 Å². The first kappa shape index (κ1) is 56.3. The highest BCUT2D eigenvalue weighted by Gasteiger charge is 2.51. The second kappa shape index (κ2) is 24.8. The highest BCUT2D eigenvalue weighted by molar-refractivity contribution is 6.28. The van der Waals surface area contributed by atoms with Gasteiger partial charge in [0.2, 0.25) is 11.2 Å². The lowest BCUT2D eigenvalue weighted by atomic mass is 9.84. The Morgan fingerprint density at radius 2 is 0.926 bits per heavy atom. The summed E-state index contributed by atoms with van der Waals surface area (Å²) in [6, 6.07) is 57.8. The normalized spacial score (nSPS) is 15.6. The fourth-order valence-corrected chi connectivity index (χ4v) is 11.6. The van der Waals surface area contributed by atoms with Gasteiger partial charge in [-0.2, -0.15) is 4.98 Å². The summed E-state index contributed by atoms with van der Waals surface area (Å²) in [7, 11) is 0. The molecule has 2 aromatic heterocycles. The molecular weight excluding hydrogens is 1030 g/mol. The highest BCUT2D eigenvalue weighted by atomic mass is 35.5. The van der Waals surface area contributed by atoms with Gasteiger partial charge in [-0.15, -0.1) is 0 Å². The maximum Gasteiger partial charge on any atom is 0.260 e. The van der Waals surface area contributed by atoms with Gasteiger partial charge in [-0.25, -0.2) is 15.0 Å². The Hall–Kier alpha value is -8.01. The predicted molar refractivity (Wildman–Crippen MR) is 321 cm³/mol. The number of carbonyl (C=O) groups is 2. The van der Waals surface area contributed by atoms with Crippen molar-refractivity contribution >= 4 is 41.0 Å². The molecule has 15 heteroatoms. The number of benzene rings is 6. The molecule has 0 unspecified atom stereocenters. The second-order valence-electron chi connectivity index (χ2n) is 22.3. The third-order valence-electron chi connectivity index (χ3n) is 14.9. The van der Waals surface area contributed by atoms with Gasteiger partial charge in [-0.05, 0) is 127 Å². The zero-order valence-corrected chi connectivity index (χ0v) is 47.7. The average molecular weight is 1100 g/mol. The van der Waals surface area contributed by atoms with E-state index in [0.717, 1.165) is 35.5 Å². The van der Waals surface area contributed by atoms with Gasteiger partial charge in [-0.3, -0.25) is 29.2 Å². The van der Waals surface area contributed by atoms with Gasteiger partial charge in [0.05, 0.1) is 36.4 Å². The number of ether oxygens (including phenoxy) is 2. The summed E-state index contributed by atoms with van der Waals surface area (Å²) in [5.41, 5.74) is 12.4. The third kappa shape index (κ3) is 12.8. The summed E-state index contributed by atoms with van der Waals surface area (Å²) >= 11 is 6.18. The zero-order chi connectivity index (χ0) is 56.7. The molecule has 0 atom stereocenters. The Morgan fingerprint density at radius 1 is 0.556 bits per heavy atom. The van der Waals surface area contributed by atoms with Gasteiger partial charge in [-0.1, -0.05) is 135 Å². The quantitative estimate of drug-likeness (QED) is 0.0996. The van der Waals surface area contributed by atoms with Gasteiger partial charge in [0, 0.05) is 68.6 Å². The second-order valence-corrected chi connectivity index (χ2v) is 22.7. The molecule has 8 aromatic rings. The Labute approximate surface area is 481 Å². The van der Waals surface area contributed by atoms with Crippen LogP contribution in [0, 0.1) is 0 Å². The molecule has 0 aliphatic carbocycles. The van der Waals surface area contributed by atoms with E-state index in [4.69, 9.17) is 31.8 Å². The number of hydrogen-bond acceptors (Lipinski definition) is 12. The van der Waals surface area contributed by atoms with Crippen molar-refractivity contribution in [3.8, 4) is 11.5 Å². The van der Waals surface area contributed by atoms with Crippen LogP contribution in [-0.4, -0.2) is 104 Å². The average Bonchev–Trinajstić information content (AvgIpc) is 4.28. The van der Waals surface area contributed by atoms with Crippen molar-refractivity contribution in [1.29, 1.82) is 0 Å². The lowest BCUT2D eigenvalue weighted by Gasteiger charge is -2.56. The van der Waals surface area contributed by atoms with Crippen LogP contribution in [-0.2, 0) is 12.8 Å². The molecule has 4 aliphatic rings. The van der Waals surface area contributed by atoms with Crippen LogP contribution in [0.25, 0.3) is 0 Å². The van der Waals surface area contributed by atoms with Crippen molar-refractivity contribution in [3.05, 3.63) is 232 Å². The standard InChI is InChI=1S/C33H35N5O2.C30H27ClN4O2.C3H9N/c1-23(2)35-32-34-18-16-29(36-32)38(31(39)27-14-15-28-26(20-27)17-19-40-28)33(3)21-37(22-33)30(24-10-6-4-7-11-24)25-12-8-5-9-13-25;1-30(19-34(20-30)27(21-8-4-2-5-9-21)22-10-6-3-7-11-22)35(26-14-16-32-29(31)33-26)28(36)24-12-13-25-23(18-24)15-17-37-25;1-3(2)4/h4-16,18,20,23,30H,17,19,21-22H2,1-3H3,(H,34,35,36);2-14,16,18,27H,15,17,19-20H2,1H3;3H,4H2,1-2H3. The number of nitrogens with one attached hydrogen (secondary N) is 1. The van der Waals surface area contributed by atoms with Crippen LogP contribution in [0.15, 0.2) is 182 Å². The molecule has 12 rings (SSSR count). The van der Waals surface area contributed by atoms with E-state index in [1.54, 1.807) is 23.4 Å². The number of halogens is 1. The molecule has 0 saturated carbocycles. The van der Waals surface area contributed by atoms with Crippen LogP contribution in [0.1, 0.15) is 108 Å². The molecule has 0 spiro atoms. The number of amides is 2. The number of hydrogen-bond donors (Lipinski definition) is 2. The summed E-state index contributed by atoms with van der Waals surface area (Å²) in [4.78, 5) is 54.6. The smallest absolute Gasteiger partial charge is 0.260 e. The summed E-state index contributed by atoms with van der Waals surface area (Å²) < 4.78 is 11.3. The Kier molecular flexibility index (Phi) is 17.2. The number of anilines is 3. The number of nitrogens with two attached hydrogens (primary N) is 1. The Morgan fingerprint density at radius 3 is 1.30 bits per heavy atom. The van der Waals surface area contributed by atoms with Crippen LogP contribution in [0.4, 0.5) is 17.6 Å². The maximum atomic E-state index is 14.3. The first-order valence-corrected chi connectivity index (χ1v) is 28.3. The lowest BCUT2D eigenvalue weighted by Crippen LogP contribution is -2.70.